The van der Waals surface area contributed by atoms with E-state index < -0.39 is 24.2 Å². The molecular weight excluding hydrogens is 412 g/mol. The first-order valence-electron chi connectivity index (χ1n) is 9.74. The molecule has 7 heteroatoms. The molecule has 1 heterocycles. The van der Waals surface area contributed by atoms with Gasteiger partial charge in [-0.1, -0.05) is 60.7 Å². The highest BCUT2D eigenvalue weighted by Crippen LogP contribution is 2.28. The van der Waals surface area contributed by atoms with Gasteiger partial charge >= 0.3 is 17.9 Å². The number of hydrogen-bond donors (Lipinski definition) is 1. The molecule has 0 amide bonds. The van der Waals surface area contributed by atoms with Gasteiger partial charge in [0.15, 0.2) is 0 Å². The van der Waals surface area contributed by atoms with E-state index in [0.29, 0.717) is 22.4 Å². The third-order valence-electron chi connectivity index (χ3n) is 4.77. The number of carboxylic acids is 1. The van der Waals surface area contributed by atoms with E-state index in [1.165, 1.54) is 12.1 Å². The molecule has 0 unspecified atom stereocenters. The Labute approximate surface area is 183 Å². The minimum absolute atomic E-state index is 0.0857. The maximum Gasteiger partial charge on any atom is 0.348 e. The number of hydrogen-bond acceptors (Lipinski definition) is 6. The predicted molar refractivity (Wildman–Crippen MR) is 114 cm³/mol. The Kier molecular flexibility index (Phi) is 5.98. The molecule has 32 heavy (non-hydrogen) atoms. The van der Waals surface area contributed by atoms with Crippen LogP contribution in [0.4, 0.5) is 0 Å². The molecule has 1 saturated heterocycles. The van der Waals surface area contributed by atoms with Gasteiger partial charge in [-0.15, -0.1) is 0 Å². The molecule has 1 aliphatic heterocycles. The number of ether oxygens (including phenoxy) is 3. The quantitative estimate of drug-likeness (QED) is 0.356. The van der Waals surface area contributed by atoms with Crippen LogP contribution in [0.25, 0.3) is 6.08 Å². The van der Waals surface area contributed by atoms with E-state index in [1.54, 1.807) is 72.8 Å². The summed E-state index contributed by atoms with van der Waals surface area (Å²) in [6, 6.07) is 21.9. The Balaban J connectivity index is 1.43. The molecule has 0 aliphatic carbocycles. The second-order valence-corrected chi connectivity index (χ2v) is 6.93. The molecule has 160 valence electrons. The van der Waals surface area contributed by atoms with Crippen molar-refractivity contribution >= 4 is 24.0 Å². The topological polar surface area (TPSA) is 99.1 Å². The van der Waals surface area contributed by atoms with Crippen LogP contribution in [0.15, 0.2) is 84.4 Å². The molecule has 1 N–H and O–H groups in total. The van der Waals surface area contributed by atoms with Crippen molar-refractivity contribution in [3.8, 4) is 5.75 Å². The summed E-state index contributed by atoms with van der Waals surface area (Å²) in [6.45, 7) is 0.0857. The lowest BCUT2D eigenvalue weighted by Crippen LogP contribution is -2.29. The zero-order chi connectivity index (χ0) is 22.5. The summed E-state index contributed by atoms with van der Waals surface area (Å²) in [5, 5.41) is 9.24. The first kappa shape index (κ1) is 20.9. The number of carbonyl (C=O) groups is 3. The Bertz CT molecular complexity index is 1160. The fraction of sp³-hybridized carbons (Fsp3) is 0.0800. The monoisotopic (exact) mass is 430 g/mol. The van der Waals surface area contributed by atoms with Crippen molar-refractivity contribution in [1.82, 2.24) is 0 Å². The van der Waals surface area contributed by atoms with Crippen LogP contribution >= 0.6 is 0 Å². The van der Waals surface area contributed by atoms with E-state index in [2.05, 4.69) is 0 Å². The first-order valence-corrected chi connectivity index (χ1v) is 9.74. The second-order valence-electron chi connectivity index (χ2n) is 6.93. The average molecular weight is 430 g/mol. The molecule has 0 saturated carbocycles. The minimum Gasteiger partial charge on any atom is -0.489 e. The summed E-state index contributed by atoms with van der Waals surface area (Å²) in [5.41, 5.74) is 1.66. The number of carbonyl (C=O) groups excluding carboxylic acids is 2. The second kappa shape index (κ2) is 9.18. The largest absolute Gasteiger partial charge is 0.489 e. The molecule has 7 nitrogen and oxygen atoms in total. The normalized spacial score (nSPS) is 15.5. The molecule has 0 radical (unpaired) electrons. The molecule has 3 aromatic rings. The Morgan fingerprint density at radius 2 is 1.50 bits per heavy atom. The van der Waals surface area contributed by atoms with Crippen molar-refractivity contribution in [3.05, 3.63) is 107 Å². The molecule has 3 aromatic carbocycles. The van der Waals surface area contributed by atoms with Gasteiger partial charge in [0.25, 0.3) is 6.29 Å². The molecule has 0 bridgehead atoms. The SMILES string of the molecule is O=C1OC(c2ccccc2)OC(=O)C1=Cc1ccc(OCc2ccccc2C(=O)O)cc1. The van der Waals surface area contributed by atoms with Crippen LogP contribution in [0.3, 0.4) is 0 Å². The number of rotatable bonds is 6. The smallest absolute Gasteiger partial charge is 0.348 e. The minimum atomic E-state index is -1.07. The highest BCUT2D eigenvalue weighted by atomic mass is 16.7. The summed E-state index contributed by atoms with van der Waals surface area (Å²) >= 11 is 0. The molecule has 4 rings (SSSR count). The molecule has 0 aromatic heterocycles. The van der Waals surface area contributed by atoms with Gasteiger partial charge in [0.1, 0.15) is 17.9 Å². The van der Waals surface area contributed by atoms with Gasteiger partial charge in [-0.05, 0) is 29.8 Å². The van der Waals surface area contributed by atoms with E-state index >= 15 is 0 Å². The molecule has 0 spiro atoms. The Morgan fingerprint density at radius 3 is 2.16 bits per heavy atom. The van der Waals surface area contributed by atoms with Gasteiger partial charge in [0.05, 0.1) is 5.56 Å². The average Bonchev–Trinajstić information content (AvgIpc) is 2.81. The number of carboxylic acid groups (broad SMARTS) is 1. The van der Waals surface area contributed by atoms with Crippen LogP contribution in [-0.2, 0) is 25.7 Å². The van der Waals surface area contributed by atoms with Crippen molar-refractivity contribution in [2.24, 2.45) is 0 Å². The van der Waals surface area contributed by atoms with E-state index in [1.807, 2.05) is 0 Å². The van der Waals surface area contributed by atoms with E-state index in [4.69, 9.17) is 14.2 Å². The lowest BCUT2D eigenvalue weighted by molar-refractivity contribution is -0.195. The van der Waals surface area contributed by atoms with Crippen LogP contribution in [0.2, 0.25) is 0 Å². The predicted octanol–water partition coefficient (Wildman–Crippen LogP) is 4.15. The van der Waals surface area contributed by atoms with Gasteiger partial charge < -0.3 is 19.3 Å². The third-order valence-corrected chi connectivity index (χ3v) is 4.77. The lowest BCUT2D eigenvalue weighted by Gasteiger charge is -2.23. The summed E-state index contributed by atoms with van der Waals surface area (Å²) in [7, 11) is 0. The van der Waals surface area contributed by atoms with Crippen molar-refractivity contribution in [2.45, 2.75) is 12.9 Å². The number of benzene rings is 3. The van der Waals surface area contributed by atoms with Crippen molar-refractivity contribution in [1.29, 1.82) is 0 Å². The fourth-order valence-corrected chi connectivity index (χ4v) is 3.14. The fourth-order valence-electron chi connectivity index (χ4n) is 3.14. The Morgan fingerprint density at radius 1 is 0.875 bits per heavy atom. The van der Waals surface area contributed by atoms with E-state index in [9.17, 15) is 19.5 Å². The van der Waals surface area contributed by atoms with Gasteiger partial charge in [-0.3, -0.25) is 0 Å². The molecule has 0 atom stereocenters. The summed E-state index contributed by atoms with van der Waals surface area (Å²) in [5.74, 6) is -2.04. The maximum atomic E-state index is 12.3. The number of aromatic carboxylic acids is 1. The van der Waals surface area contributed by atoms with Crippen molar-refractivity contribution in [3.63, 3.8) is 0 Å². The zero-order valence-electron chi connectivity index (χ0n) is 16.8. The van der Waals surface area contributed by atoms with Crippen molar-refractivity contribution in [2.75, 3.05) is 0 Å². The van der Waals surface area contributed by atoms with Gasteiger partial charge in [0.2, 0.25) is 0 Å². The Hall–Kier alpha value is -4.39. The standard InChI is InChI=1S/C25H18O7/c26-22(27)20-9-5-4-8-18(20)15-30-19-12-10-16(11-13-19)14-21-23(28)31-25(32-24(21)29)17-6-2-1-3-7-17/h1-14,25H,15H2,(H,26,27). The van der Waals surface area contributed by atoms with Crippen LogP contribution in [0.1, 0.15) is 33.3 Å². The first-order chi connectivity index (χ1) is 15.5. The van der Waals surface area contributed by atoms with Gasteiger partial charge in [0, 0.05) is 11.1 Å². The van der Waals surface area contributed by atoms with Crippen molar-refractivity contribution < 1.29 is 33.7 Å². The number of cyclic esters (lactones) is 2. The third kappa shape index (κ3) is 4.67. The maximum absolute atomic E-state index is 12.3. The number of esters is 2. The zero-order valence-corrected chi connectivity index (χ0v) is 16.8. The molecule has 1 fully saturated rings. The van der Waals surface area contributed by atoms with Crippen LogP contribution in [-0.4, -0.2) is 23.0 Å². The summed E-state index contributed by atoms with van der Waals surface area (Å²) in [4.78, 5) is 36.0. The van der Waals surface area contributed by atoms with Crippen LogP contribution in [0, 0.1) is 0 Å². The van der Waals surface area contributed by atoms with Gasteiger partial charge in [-0.25, -0.2) is 14.4 Å². The molecule has 1 aliphatic rings. The molecular formula is C25H18O7. The van der Waals surface area contributed by atoms with E-state index in [-0.39, 0.29) is 17.7 Å². The summed E-state index contributed by atoms with van der Waals surface area (Å²) in [6.07, 6.45) is 0.313. The van der Waals surface area contributed by atoms with Crippen LogP contribution < -0.4 is 4.74 Å². The highest BCUT2D eigenvalue weighted by molar-refractivity contribution is 6.18. The van der Waals surface area contributed by atoms with E-state index in [0.717, 1.165) is 0 Å². The lowest BCUT2D eigenvalue weighted by atomic mass is 10.1. The van der Waals surface area contributed by atoms with Crippen LogP contribution in [0.5, 0.6) is 5.75 Å². The summed E-state index contributed by atoms with van der Waals surface area (Å²) < 4.78 is 16.2. The van der Waals surface area contributed by atoms with Gasteiger partial charge in [-0.2, -0.15) is 0 Å². The highest BCUT2D eigenvalue weighted by Gasteiger charge is 2.34.